The number of allylic oxidation sites excluding steroid dienone is 2. The normalized spacial score (nSPS) is 18.7. The molecular weight excluding hydrogens is 256 g/mol. The second-order valence-corrected chi connectivity index (χ2v) is 5.13. The zero-order valence-electron chi connectivity index (χ0n) is 12.0. The first-order chi connectivity index (χ1) is 9.68. The van der Waals surface area contributed by atoms with Crippen molar-refractivity contribution in [1.29, 1.82) is 0 Å². The van der Waals surface area contributed by atoms with Crippen molar-refractivity contribution >= 4 is 11.9 Å². The second-order valence-electron chi connectivity index (χ2n) is 5.13. The fourth-order valence-electron chi connectivity index (χ4n) is 2.26. The summed E-state index contributed by atoms with van der Waals surface area (Å²) in [5, 5.41) is 8.47. The lowest BCUT2D eigenvalue weighted by Crippen LogP contribution is -2.03. The molecule has 0 radical (unpaired) electrons. The van der Waals surface area contributed by atoms with Crippen LogP contribution in [0.5, 0.6) is 0 Å². The third-order valence-electron chi connectivity index (χ3n) is 3.34. The Kier molecular flexibility index (Phi) is 8.43. The lowest BCUT2D eigenvalue weighted by Gasteiger charge is -2.09. The maximum atomic E-state index is 11.5. The number of ether oxygens (including phenoxy) is 1. The van der Waals surface area contributed by atoms with Crippen LogP contribution >= 0.6 is 0 Å². The van der Waals surface area contributed by atoms with Crippen LogP contribution in [0.4, 0.5) is 0 Å². The van der Waals surface area contributed by atoms with Gasteiger partial charge in [0.2, 0.25) is 0 Å². The summed E-state index contributed by atoms with van der Waals surface area (Å²) in [7, 11) is 0. The Bertz CT molecular complexity index is 369. The summed E-state index contributed by atoms with van der Waals surface area (Å²) in [6.45, 7) is 0. The Morgan fingerprint density at radius 2 is 1.55 bits per heavy atom. The number of hydrogen-bond acceptors (Lipinski definition) is 3. The number of rotatable bonds is 3. The monoisotopic (exact) mass is 280 g/mol. The number of esters is 1. The molecule has 0 unspecified atom stereocenters. The highest BCUT2D eigenvalue weighted by Gasteiger charge is 2.06. The van der Waals surface area contributed by atoms with Gasteiger partial charge in [-0.05, 0) is 25.3 Å². The molecule has 4 heteroatoms. The minimum Gasteiger partial charge on any atom is -0.478 e. The number of carbonyl (C=O) groups is 2. The molecule has 0 bridgehead atoms. The van der Waals surface area contributed by atoms with Crippen LogP contribution < -0.4 is 0 Å². The van der Waals surface area contributed by atoms with Crippen molar-refractivity contribution in [3.8, 4) is 0 Å². The standard InChI is InChI=1S/C16H24O4/c17-15(18)12-13-16(19)20-14-10-8-6-4-2-1-3-5-7-9-11-14/h10,12-13H,1-9,11H2,(H,17,18)/b13-12+,14-10?. The van der Waals surface area contributed by atoms with Gasteiger partial charge in [0.05, 0.1) is 0 Å². The van der Waals surface area contributed by atoms with Crippen molar-refractivity contribution in [2.75, 3.05) is 0 Å². The molecule has 0 amide bonds. The summed E-state index contributed by atoms with van der Waals surface area (Å²) in [4.78, 5) is 21.8. The zero-order chi connectivity index (χ0) is 14.6. The van der Waals surface area contributed by atoms with E-state index in [1.54, 1.807) is 0 Å². The minimum atomic E-state index is -1.14. The Hall–Kier alpha value is -1.58. The average molecular weight is 280 g/mol. The van der Waals surface area contributed by atoms with E-state index in [0.717, 1.165) is 44.3 Å². The van der Waals surface area contributed by atoms with Gasteiger partial charge in [0.1, 0.15) is 5.76 Å². The lowest BCUT2D eigenvalue weighted by atomic mass is 10.0. The predicted molar refractivity (Wildman–Crippen MR) is 77.1 cm³/mol. The molecule has 0 aliphatic heterocycles. The second kappa shape index (κ2) is 10.2. The zero-order valence-corrected chi connectivity index (χ0v) is 12.0. The van der Waals surface area contributed by atoms with Crippen molar-refractivity contribution in [1.82, 2.24) is 0 Å². The molecule has 0 fully saturated rings. The number of carbonyl (C=O) groups excluding carboxylic acids is 1. The van der Waals surface area contributed by atoms with E-state index in [0.29, 0.717) is 5.76 Å². The molecule has 0 saturated carbocycles. The van der Waals surface area contributed by atoms with Gasteiger partial charge < -0.3 is 9.84 Å². The number of hydrogen-bond donors (Lipinski definition) is 1. The van der Waals surface area contributed by atoms with E-state index in [2.05, 4.69) is 0 Å². The van der Waals surface area contributed by atoms with Crippen molar-refractivity contribution in [2.45, 2.75) is 64.2 Å². The van der Waals surface area contributed by atoms with Crippen LogP contribution in [0.3, 0.4) is 0 Å². The molecule has 0 heterocycles. The highest BCUT2D eigenvalue weighted by molar-refractivity contribution is 5.91. The number of aliphatic carboxylic acids is 1. The molecule has 112 valence electrons. The van der Waals surface area contributed by atoms with Crippen molar-refractivity contribution in [2.24, 2.45) is 0 Å². The topological polar surface area (TPSA) is 63.6 Å². The molecule has 0 spiro atoms. The predicted octanol–water partition coefficient (Wildman–Crippen LogP) is 3.97. The van der Waals surface area contributed by atoms with Crippen LogP contribution in [0.25, 0.3) is 0 Å². The van der Waals surface area contributed by atoms with Gasteiger partial charge in [-0.3, -0.25) is 0 Å². The fourth-order valence-corrected chi connectivity index (χ4v) is 2.26. The largest absolute Gasteiger partial charge is 0.478 e. The van der Waals surface area contributed by atoms with Crippen molar-refractivity contribution in [3.63, 3.8) is 0 Å². The van der Waals surface area contributed by atoms with Gasteiger partial charge in [-0.2, -0.15) is 0 Å². The van der Waals surface area contributed by atoms with Crippen LogP contribution in [-0.4, -0.2) is 17.0 Å². The highest BCUT2D eigenvalue weighted by atomic mass is 16.5. The summed E-state index contributed by atoms with van der Waals surface area (Å²) in [6, 6.07) is 0. The first-order valence-electron chi connectivity index (χ1n) is 7.50. The molecule has 1 aliphatic rings. The quantitative estimate of drug-likeness (QED) is 0.627. The first-order valence-corrected chi connectivity index (χ1v) is 7.50. The molecule has 1 aliphatic carbocycles. The van der Waals surface area contributed by atoms with Crippen molar-refractivity contribution in [3.05, 3.63) is 24.0 Å². The maximum Gasteiger partial charge on any atom is 0.336 e. The summed E-state index contributed by atoms with van der Waals surface area (Å²) < 4.78 is 5.22. The summed E-state index contributed by atoms with van der Waals surface area (Å²) in [5.74, 6) is -1.06. The SMILES string of the molecule is O=C(O)/C=C/C(=O)OC1=CCCCCCCCCCC1. The third-order valence-corrected chi connectivity index (χ3v) is 3.34. The van der Waals surface area contributed by atoms with E-state index in [1.807, 2.05) is 6.08 Å². The molecular formula is C16H24O4. The summed E-state index contributed by atoms with van der Waals surface area (Å²) in [6.07, 6.45) is 15.1. The van der Waals surface area contributed by atoms with Gasteiger partial charge >= 0.3 is 11.9 Å². The van der Waals surface area contributed by atoms with E-state index >= 15 is 0 Å². The molecule has 1 N–H and O–H groups in total. The van der Waals surface area contributed by atoms with Gasteiger partial charge in [0, 0.05) is 18.6 Å². The fraction of sp³-hybridized carbons (Fsp3) is 0.625. The van der Waals surface area contributed by atoms with Crippen LogP contribution in [0.15, 0.2) is 24.0 Å². The third kappa shape index (κ3) is 8.51. The number of carboxylic acids is 1. The molecule has 0 saturated heterocycles. The van der Waals surface area contributed by atoms with E-state index < -0.39 is 11.9 Å². The molecule has 0 aromatic rings. The molecule has 4 nitrogen and oxygen atoms in total. The Morgan fingerprint density at radius 3 is 2.20 bits per heavy atom. The molecule has 1 rings (SSSR count). The van der Waals surface area contributed by atoms with Gasteiger partial charge in [0.25, 0.3) is 0 Å². The Labute approximate surface area is 120 Å². The molecule has 20 heavy (non-hydrogen) atoms. The number of carboxylic acid groups (broad SMARTS) is 1. The van der Waals surface area contributed by atoms with Gasteiger partial charge in [-0.1, -0.05) is 38.5 Å². The average Bonchev–Trinajstić information content (AvgIpc) is 2.39. The van der Waals surface area contributed by atoms with Gasteiger partial charge in [0.15, 0.2) is 0 Å². The smallest absolute Gasteiger partial charge is 0.336 e. The Morgan fingerprint density at radius 1 is 0.950 bits per heavy atom. The Balaban J connectivity index is 2.48. The van der Waals surface area contributed by atoms with E-state index in [-0.39, 0.29) is 0 Å². The van der Waals surface area contributed by atoms with Crippen LogP contribution in [0.1, 0.15) is 64.2 Å². The summed E-state index contributed by atoms with van der Waals surface area (Å²) >= 11 is 0. The van der Waals surface area contributed by atoms with Crippen LogP contribution in [0.2, 0.25) is 0 Å². The maximum absolute atomic E-state index is 11.5. The van der Waals surface area contributed by atoms with Gasteiger partial charge in [-0.25, -0.2) is 9.59 Å². The van der Waals surface area contributed by atoms with E-state index in [1.165, 1.54) is 32.1 Å². The first kappa shape index (κ1) is 16.5. The van der Waals surface area contributed by atoms with Gasteiger partial charge in [-0.15, -0.1) is 0 Å². The lowest BCUT2D eigenvalue weighted by molar-refractivity contribution is -0.135. The van der Waals surface area contributed by atoms with E-state index in [4.69, 9.17) is 9.84 Å². The minimum absolute atomic E-state index is 0.606. The van der Waals surface area contributed by atoms with Crippen LogP contribution in [0, 0.1) is 0 Å². The molecule has 0 aromatic carbocycles. The van der Waals surface area contributed by atoms with E-state index in [9.17, 15) is 9.59 Å². The highest BCUT2D eigenvalue weighted by Crippen LogP contribution is 2.17. The van der Waals surface area contributed by atoms with Crippen molar-refractivity contribution < 1.29 is 19.4 Å². The molecule has 0 aromatic heterocycles. The molecule has 0 atom stereocenters. The summed E-state index contributed by atoms with van der Waals surface area (Å²) in [5.41, 5.74) is 0. The van der Waals surface area contributed by atoms with Crippen LogP contribution in [-0.2, 0) is 14.3 Å².